The van der Waals surface area contributed by atoms with Gasteiger partial charge in [-0.1, -0.05) is 27.2 Å². The first-order valence-electron chi connectivity index (χ1n) is 9.35. The van der Waals surface area contributed by atoms with E-state index in [0.29, 0.717) is 40.5 Å². The topological polar surface area (TPSA) is 72.2 Å². The lowest BCUT2D eigenvalue weighted by Gasteiger charge is -2.16. The number of rotatable bonds is 7. The minimum Gasteiger partial charge on any atom is -0.367 e. The smallest absolute Gasteiger partial charge is 0.204 e. The van der Waals surface area contributed by atoms with Crippen LogP contribution in [0.3, 0.4) is 0 Å². The monoisotopic (exact) mass is 371 g/mol. The standard InChI is InChI=1S/C20H26FN5O/c1-13-24-25-19-18(22-11-7-5-6-8-17(27)20(2,3)4)23-15-10-9-14(21)12-16(15)26(13)19/h9-10,12H,5-8,11H2,1-4H3,(H,22,23). The lowest BCUT2D eigenvalue weighted by atomic mass is 9.88. The van der Waals surface area contributed by atoms with Crippen LogP contribution in [0.25, 0.3) is 16.7 Å². The minimum atomic E-state index is -0.316. The third-order valence-electron chi connectivity index (χ3n) is 4.66. The Bertz CT molecular complexity index is 974. The highest BCUT2D eigenvalue weighted by atomic mass is 19.1. The van der Waals surface area contributed by atoms with E-state index in [-0.39, 0.29) is 11.2 Å². The first kappa shape index (κ1) is 19.2. The van der Waals surface area contributed by atoms with Gasteiger partial charge in [0.25, 0.3) is 0 Å². The van der Waals surface area contributed by atoms with Crippen LogP contribution in [-0.4, -0.2) is 31.9 Å². The van der Waals surface area contributed by atoms with Crippen LogP contribution >= 0.6 is 0 Å². The summed E-state index contributed by atoms with van der Waals surface area (Å²) in [5.74, 6) is 1.32. The molecule has 27 heavy (non-hydrogen) atoms. The van der Waals surface area contributed by atoms with Crippen molar-refractivity contribution in [1.29, 1.82) is 0 Å². The molecule has 0 unspecified atom stereocenters. The summed E-state index contributed by atoms with van der Waals surface area (Å²) in [6.07, 6.45) is 3.41. The molecule has 3 aromatic rings. The van der Waals surface area contributed by atoms with Crippen molar-refractivity contribution in [3.8, 4) is 0 Å². The Morgan fingerprint density at radius 3 is 2.70 bits per heavy atom. The summed E-state index contributed by atoms with van der Waals surface area (Å²) >= 11 is 0. The van der Waals surface area contributed by atoms with Gasteiger partial charge >= 0.3 is 0 Å². The molecule has 2 aromatic heterocycles. The summed E-state index contributed by atoms with van der Waals surface area (Å²) in [5, 5.41) is 11.6. The fraction of sp³-hybridized carbons (Fsp3) is 0.500. The number of hydrogen-bond donors (Lipinski definition) is 1. The molecule has 0 atom stereocenters. The summed E-state index contributed by atoms with van der Waals surface area (Å²) in [6, 6.07) is 4.51. The molecule has 2 heterocycles. The molecule has 1 N–H and O–H groups in total. The molecule has 0 saturated heterocycles. The number of ketones is 1. The number of carbonyl (C=O) groups is 1. The highest BCUT2D eigenvalue weighted by Gasteiger charge is 2.20. The van der Waals surface area contributed by atoms with Gasteiger partial charge in [0.15, 0.2) is 5.82 Å². The van der Waals surface area contributed by atoms with Crippen LogP contribution in [0.4, 0.5) is 10.2 Å². The number of aryl methyl sites for hydroxylation is 1. The number of unbranched alkanes of at least 4 members (excludes halogenated alkanes) is 2. The van der Waals surface area contributed by atoms with Gasteiger partial charge in [-0.3, -0.25) is 9.20 Å². The Balaban J connectivity index is 1.65. The average molecular weight is 371 g/mol. The lowest BCUT2D eigenvalue weighted by molar-refractivity contribution is -0.126. The summed E-state index contributed by atoms with van der Waals surface area (Å²) in [7, 11) is 0. The van der Waals surface area contributed by atoms with Crippen LogP contribution in [0, 0.1) is 18.2 Å². The molecule has 0 aliphatic carbocycles. The quantitative estimate of drug-likeness (QED) is 0.627. The van der Waals surface area contributed by atoms with Crippen molar-refractivity contribution < 1.29 is 9.18 Å². The molecule has 0 bridgehead atoms. The summed E-state index contributed by atoms with van der Waals surface area (Å²) in [4.78, 5) is 16.5. The number of aromatic nitrogens is 4. The molecular formula is C20H26FN5O. The van der Waals surface area contributed by atoms with Gasteiger partial charge < -0.3 is 5.32 Å². The van der Waals surface area contributed by atoms with E-state index in [4.69, 9.17) is 0 Å². The van der Waals surface area contributed by atoms with E-state index < -0.39 is 0 Å². The summed E-state index contributed by atoms with van der Waals surface area (Å²) < 4.78 is 15.4. The van der Waals surface area contributed by atoms with Gasteiger partial charge in [0.05, 0.1) is 11.0 Å². The number of carbonyl (C=O) groups excluding carboxylic acids is 1. The second kappa shape index (κ2) is 7.58. The highest BCUT2D eigenvalue weighted by molar-refractivity contribution is 5.84. The lowest BCUT2D eigenvalue weighted by Crippen LogP contribution is -2.19. The zero-order chi connectivity index (χ0) is 19.6. The Morgan fingerprint density at radius 2 is 1.96 bits per heavy atom. The van der Waals surface area contributed by atoms with Crippen LogP contribution in [0.15, 0.2) is 18.2 Å². The number of hydrogen-bond acceptors (Lipinski definition) is 5. The number of nitrogens with zero attached hydrogens (tertiary/aromatic N) is 4. The SMILES string of the molecule is Cc1nnc2c(NCCCCCC(=O)C(C)(C)C)nc3ccc(F)cc3n12. The second-order valence-electron chi connectivity index (χ2n) is 7.91. The van der Waals surface area contributed by atoms with Crippen molar-refractivity contribution in [2.45, 2.75) is 53.4 Å². The molecule has 0 spiro atoms. The predicted octanol–water partition coefficient (Wildman–Crippen LogP) is 4.31. The van der Waals surface area contributed by atoms with Crippen molar-refractivity contribution in [3.05, 3.63) is 29.8 Å². The number of benzene rings is 1. The molecule has 0 saturated carbocycles. The largest absolute Gasteiger partial charge is 0.367 e. The predicted molar refractivity (Wildman–Crippen MR) is 104 cm³/mol. The Morgan fingerprint density at radius 1 is 1.19 bits per heavy atom. The molecular weight excluding hydrogens is 345 g/mol. The highest BCUT2D eigenvalue weighted by Crippen LogP contribution is 2.23. The van der Waals surface area contributed by atoms with E-state index in [2.05, 4.69) is 20.5 Å². The number of Topliss-reactive ketones (excluding diaryl/α,β-unsaturated/α-hetero) is 1. The fourth-order valence-corrected chi connectivity index (χ4v) is 3.03. The molecule has 3 rings (SSSR count). The van der Waals surface area contributed by atoms with Gasteiger partial charge in [0.2, 0.25) is 5.65 Å². The van der Waals surface area contributed by atoms with Crippen LogP contribution < -0.4 is 5.32 Å². The van der Waals surface area contributed by atoms with Gasteiger partial charge in [0, 0.05) is 24.4 Å². The third kappa shape index (κ3) is 4.23. The van der Waals surface area contributed by atoms with E-state index in [0.717, 1.165) is 25.8 Å². The van der Waals surface area contributed by atoms with Crippen molar-refractivity contribution in [2.24, 2.45) is 5.41 Å². The van der Waals surface area contributed by atoms with Crippen molar-refractivity contribution in [3.63, 3.8) is 0 Å². The summed E-state index contributed by atoms with van der Waals surface area (Å²) in [5.41, 5.74) is 1.67. The van der Waals surface area contributed by atoms with Crippen LogP contribution in [-0.2, 0) is 4.79 Å². The molecule has 0 fully saturated rings. The van der Waals surface area contributed by atoms with E-state index in [9.17, 15) is 9.18 Å². The van der Waals surface area contributed by atoms with Crippen molar-refractivity contribution >= 4 is 28.3 Å². The maximum atomic E-state index is 13.6. The maximum Gasteiger partial charge on any atom is 0.204 e. The van der Waals surface area contributed by atoms with Gasteiger partial charge in [-0.2, -0.15) is 0 Å². The molecule has 0 amide bonds. The fourth-order valence-electron chi connectivity index (χ4n) is 3.03. The third-order valence-corrected chi connectivity index (χ3v) is 4.66. The number of halogens is 1. The van der Waals surface area contributed by atoms with Gasteiger partial charge in [-0.25, -0.2) is 9.37 Å². The second-order valence-corrected chi connectivity index (χ2v) is 7.91. The van der Waals surface area contributed by atoms with E-state index in [1.807, 2.05) is 32.1 Å². The number of anilines is 1. The van der Waals surface area contributed by atoms with Crippen LogP contribution in [0.1, 0.15) is 52.3 Å². The first-order chi connectivity index (χ1) is 12.8. The van der Waals surface area contributed by atoms with Crippen molar-refractivity contribution in [1.82, 2.24) is 19.6 Å². The molecule has 1 aromatic carbocycles. The van der Waals surface area contributed by atoms with E-state index in [1.165, 1.54) is 12.1 Å². The van der Waals surface area contributed by atoms with Gasteiger partial charge in [-0.15, -0.1) is 10.2 Å². The molecule has 0 aliphatic heterocycles. The molecule has 0 radical (unpaired) electrons. The molecule has 144 valence electrons. The zero-order valence-corrected chi connectivity index (χ0v) is 16.3. The van der Waals surface area contributed by atoms with E-state index >= 15 is 0 Å². The zero-order valence-electron chi connectivity index (χ0n) is 16.3. The van der Waals surface area contributed by atoms with Gasteiger partial charge in [0.1, 0.15) is 17.4 Å². The summed E-state index contributed by atoms with van der Waals surface area (Å²) in [6.45, 7) is 8.44. The Kier molecular flexibility index (Phi) is 5.39. The number of fused-ring (bicyclic) bond motifs is 3. The van der Waals surface area contributed by atoms with Crippen LogP contribution in [0.2, 0.25) is 0 Å². The van der Waals surface area contributed by atoms with Crippen molar-refractivity contribution in [2.75, 3.05) is 11.9 Å². The first-order valence-corrected chi connectivity index (χ1v) is 9.35. The molecule has 6 nitrogen and oxygen atoms in total. The molecule has 0 aliphatic rings. The van der Waals surface area contributed by atoms with Crippen LogP contribution in [0.5, 0.6) is 0 Å². The van der Waals surface area contributed by atoms with Gasteiger partial charge in [-0.05, 0) is 31.9 Å². The normalized spacial score (nSPS) is 12.0. The Labute approximate surface area is 158 Å². The average Bonchev–Trinajstić information content (AvgIpc) is 2.99. The Hall–Kier alpha value is -2.57. The maximum absolute atomic E-state index is 13.6. The van der Waals surface area contributed by atoms with E-state index in [1.54, 1.807) is 6.07 Å². The molecule has 7 heteroatoms. The number of nitrogens with one attached hydrogen (secondary N) is 1. The minimum absolute atomic E-state index is 0.260.